The van der Waals surface area contributed by atoms with Crippen molar-refractivity contribution in [3.05, 3.63) is 33.8 Å². The Hall–Kier alpha value is -0.330. The van der Waals surface area contributed by atoms with Crippen LogP contribution in [-0.2, 0) is 10.0 Å². The molecule has 3 N–H and O–H groups in total. The summed E-state index contributed by atoms with van der Waals surface area (Å²) < 4.78 is 26.0. The van der Waals surface area contributed by atoms with Crippen LogP contribution in [0, 0.1) is 5.92 Å². The maximum atomic E-state index is 11.7. The van der Waals surface area contributed by atoms with Crippen molar-refractivity contribution in [3.63, 3.8) is 0 Å². The van der Waals surface area contributed by atoms with Crippen LogP contribution >= 0.6 is 23.2 Å². The smallest absolute Gasteiger partial charge is 0.211 e. The molecule has 1 aliphatic rings. The fraction of sp³-hybridized carbons (Fsp3) is 0.538. The third-order valence-corrected chi connectivity index (χ3v) is 5.75. The normalized spacial score (nSPS) is 21.9. The lowest BCUT2D eigenvalue weighted by atomic mass is 10.1. The van der Waals surface area contributed by atoms with Crippen molar-refractivity contribution in [1.29, 1.82) is 0 Å². The molecular weight excluding hydrogens is 319 g/mol. The Bertz CT molecular complexity index is 578. The van der Waals surface area contributed by atoms with Crippen molar-refractivity contribution in [1.82, 2.24) is 4.72 Å². The molecule has 1 aromatic rings. The number of rotatable bonds is 7. The summed E-state index contributed by atoms with van der Waals surface area (Å²) in [5.74, 6) is 0.663. The predicted octanol–water partition coefficient (Wildman–Crippen LogP) is 2.37. The minimum atomic E-state index is -3.21. The molecule has 1 fully saturated rings. The molecule has 1 aromatic carbocycles. The Balaban J connectivity index is 1.88. The average molecular weight is 337 g/mol. The van der Waals surface area contributed by atoms with Crippen molar-refractivity contribution >= 4 is 33.2 Å². The summed E-state index contributed by atoms with van der Waals surface area (Å²) in [7, 11) is -3.21. The third kappa shape index (κ3) is 4.09. The van der Waals surface area contributed by atoms with E-state index in [4.69, 9.17) is 28.9 Å². The highest BCUT2D eigenvalue weighted by Crippen LogP contribution is 2.50. The molecule has 0 saturated heterocycles. The van der Waals surface area contributed by atoms with Crippen LogP contribution in [0.25, 0.3) is 0 Å². The molecule has 1 aliphatic carbocycles. The molecule has 0 radical (unpaired) electrons. The van der Waals surface area contributed by atoms with Crippen LogP contribution in [0.4, 0.5) is 0 Å². The number of hydrogen-bond donors (Lipinski definition) is 2. The van der Waals surface area contributed by atoms with E-state index in [1.807, 2.05) is 12.1 Å². The lowest BCUT2D eigenvalue weighted by molar-refractivity contribution is 0.574. The van der Waals surface area contributed by atoms with Crippen molar-refractivity contribution in [2.24, 2.45) is 11.7 Å². The second kappa shape index (κ2) is 6.62. The maximum Gasteiger partial charge on any atom is 0.211 e. The highest BCUT2D eigenvalue weighted by atomic mass is 35.5. The zero-order valence-electron chi connectivity index (χ0n) is 11.0. The summed E-state index contributed by atoms with van der Waals surface area (Å²) in [6.45, 7) is 0.825. The first-order valence-corrected chi connectivity index (χ1v) is 8.96. The highest BCUT2D eigenvalue weighted by Gasteiger charge is 2.40. The number of nitrogens with one attached hydrogen (secondary N) is 1. The topological polar surface area (TPSA) is 72.2 Å². The molecule has 112 valence electrons. The van der Waals surface area contributed by atoms with Gasteiger partial charge in [-0.25, -0.2) is 13.1 Å². The van der Waals surface area contributed by atoms with E-state index in [1.54, 1.807) is 6.07 Å². The molecule has 0 spiro atoms. The molecule has 0 aromatic heterocycles. The number of nitrogens with two attached hydrogens (primary N) is 1. The monoisotopic (exact) mass is 336 g/mol. The summed E-state index contributed by atoms with van der Waals surface area (Å²) >= 11 is 12.2. The summed E-state index contributed by atoms with van der Waals surface area (Å²) in [5, 5.41) is 1.12. The Morgan fingerprint density at radius 3 is 2.80 bits per heavy atom. The van der Waals surface area contributed by atoms with Gasteiger partial charge < -0.3 is 5.73 Å². The zero-order chi connectivity index (χ0) is 14.8. The Morgan fingerprint density at radius 1 is 1.35 bits per heavy atom. The fourth-order valence-electron chi connectivity index (χ4n) is 2.24. The van der Waals surface area contributed by atoms with Crippen LogP contribution in [0.1, 0.15) is 24.3 Å². The molecule has 0 aliphatic heterocycles. The van der Waals surface area contributed by atoms with Crippen LogP contribution in [0.15, 0.2) is 18.2 Å². The summed E-state index contributed by atoms with van der Waals surface area (Å²) in [4.78, 5) is 0. The van der Waals surface area contributed by atoms with Crippen LogP contribution in [0.5, 0.6) is 0 Å². The van der Waals surface area contributed by atoms with Gasteiger partial charge in [-0.1, -0.05) is 35.3 Å². The SMILES string of the molecule is NCCCS(=O)(=O)NC[C@@H]1C[C@H]1c1cccc(Cl)c1Cl. The van der Waals surface area contributed by atoms with E-state index in [1.165, 1.54) is 0 Å². The molecule has 2 atom stereocenters. The number of hydrogen-bond acceptors (Lipinski definition) is 3. The molecule has 4 nitrogen and oxygen atoms in total. The summed E-state index contributed by atoms with van der Waals surface area (Å²) in [5.41, 5.74) is 6.32. The minimum absolute atomic E-state index is 0.0822. The highest BCUT2D eigenvalue weighted by molar-refractivity contribution is 7.89. The van der Waals surface area contributed by atoms with Gasteiger partial charge >= 0.3 is 0 Å². The van der Waals surface area contributed by atoms with Gasteiger partial charge in [-0.3, -0.25) is 0 Å². The Labute approximate surface area is 129 Å². The van der Waals surface area contributed by atoms with Crippen molar-refractivity contribution in [2.75, 3.05) is 18.8 Å². The minimum Gasteiger partial charge on any atom is -0.330 e. The largest absolute Gasteiger partial charge is 0.330 e. The van der Waals surface area contributed by atoms with E-state index in [2.05, 4.69) is 4.72 Å². The molecule has 20 heavy (non-hydrogen) atoms. The summed E-state index contributed by atoms with van der Waals surface area (Å²) in [6, 6.07) is 5.56. The molecule has 7 heteroatoms. The van der Waals surface area contributed by atoms with Gasteiger partial charge in [-0.15, -0.1) is 0 Å². The molecule has 2 rings (SSSR count). The van der Waals surface area contributed by atoms with Gasteiger partial charge in [0.15, 0.2) is 0 Å². The lowest BCUT2D eigenvalue weighted by Crippen LogP contribution is -2.29. The van der Waals surface area contributed by atoms with Gasteiger partial charge in [-0.2, -0.15) is 0 Å². The number of benzene rings is 1. The van der Waals surface area contributed by atoms with E-state index in [-0.39, 0.29) is 5.75 Å². The zero-order valence-corrected chi connectivity index (χ0v) is 13.3. The quantitative estimate of drug-likeness (QED) is 0.802. The summed E-state index contributed by atoms with van der Waals surface area (Å²) in [6.07, 6.45) is 1.41. The van der Waals surface area contributed by atoms with Crippen molar-refractivity contribution in [2.45, 2.75) is 18.8 Å². The number of sulfonamides is 1. The molecular formula is C13H18Cl2N2O2S. The van der Waals surface area contributed by atoms with E-state index in [0.29, 0.717) is 41.4 Å². The van der Waals surface area contributed by atoms with Gasteiger partial charge in [-0.05, 0) is 42.9 Å². The fourth-order valence-corrected chi connectivity index (χ4v) is 3.85. The first-order valence-electron chi connectivity index (χ1n) is 6.56. The van der Waals surface area contributed by atoms with Gasteiger partial charge in [0.25, 0.3) is 0 Å². The third-order valence-electron chi connectivity index (χ3n) is 3.49. The van der Waals surface area contributed by atoms with Gasteiger partial charge in [0.1, 0.15) is 0 Å². The van der Waals surface area contributed by atoms with E-state index >= 15 is 0 Å². The Kier molecular flexibility index (Phi) is 5.31. The van der Waals surface area contributed by atoms with Gasteiger partial charge in [0, 0.05) is 6.54 Å². The van der Waals surface area contributed by atoms with Gasteiger partial charge in [0.2, 0.25) is 10.0 Å². The van der Waals surface area contributed by atoms with E-state index in [0.717, 1.165) is 12.0 Å². The first-order chi connectivity index (χ1) is 9.44. The van der Waals surface area contributed by atoms with Gasteiger partial charge in [0.05, 0.1) is 15.8 Å². The predicted molar refractivity (Wildman–Crippen MR) is 82.8 cm³/mol. The number of halogens is 2. The standard InChI is InChI=1S/C13H18Cl2N2O2S/c14-12-4-1-3-10(13(12)15)11-7-9(11)8-17-20(18,19)6-2-5-16/h1,3-4,9,11,17H,2,5-8,16H2/t9-,11+/m0/s1. The van der Waals surface area contributed by atoms with Crippen LogP contribution in [0.2, 0.25) is 10.0 Å². The van der Waals surface area contributed by atoms with E-state index in [9.17, 15) is 8.42 Å². The van der Waals surface area contributed by atoms with E-state index < -0.39 is 10.0 Å². The van der Waals surface area contributed by atoms with Crippen LogP contribution in [-0.4, -0.2) is 27.3 Å². The maximum absolute atomic E-state index is 11.7. The van der Waals surface area contributed by atoms with Crippen molar-refractivity contribution in [3.8, 4) is 0 Å². The lowest BCUT2D eigenvalue weighted by Gasteiger charge is -2.07. The van der Waals surface area contributed by atoms with Crippen molar-refractivity contribution < 1.29 is 8.42 Å². The molecule has 0 amide bonds. The Morgan fingerprint density at radius 2 is 2.10 bits per heavy atom. The van der Waals surface area contributed by atoms with Crippen LogP contribution in [0.3, 0.4) is 0 Å². The molecule has 0 unspecified atom stereocenters. The molecule has 0 heterocycles. The first kappa shape index (κ1) is 16.0. The average Bonchev–Trinajstić information content (AvgIpc) is 3.17. The second-order valence-corrected chi connectivity index (χ2v) is 7.77. The molecule has 0 bridgehead atoms. The second-order valence-electron chi connectivity index (χ2n) is 5.05. The molecule has 1 saturated carbocycles. The van der Waals surface area contributed by atoms with Crippen LogP contribution < -0.4 is 10.5 Å².